The molecule has 2 aliphatic rings. The van der Waals surface area contributed by atoms with Crippen molar-refractivity contribution in [3.63, 3.8) is 0 Å². The molecule has 0 saturated carbocycles. The van der Waals surface area contributed by atoms with Crippen LogP contribution in [0.4, 0.5) is 0 Å². The fraction of sp³-hybridized carbons (Fsp3) is 0.667. The Balaban J connectivity index is 1.77. The molecule has 0 radical (unpaired) electrons. The fourth-order valence-electron chi connectivity index (χ4n) is 3.75. The summed E-state index contributed by atoms with van der Waals surface area (Å²) in [6.07, 6.45) is 3.64. The van der Waals surface area contributed by atoms with E-state index >= 15 is 0 Å². The standard InChI is InChI=1S/C18H27N3O2/c1-4-23-17-16(8-7-13(2)19-17)18(22)21-12-15(11-14(21)3)20-9-5-6-10-20/h7-8,14-15H,4-6,9-12H2,1-3H3. The number of amides is 1. The van der Waals surface area contributed by atoms with Crippen molar-refractivity contribution in [2.45, 2.75) is 52.1 Å². The van der Waals surface area contributed by atoms with Gasteiger partial charge in [0, 0.05) is 24.3 Å². The molecule has 23 heavy (non-hydrogen) atoms. The largest absolute Gasteiger partial charge is 0.477 e. The average molecular weight is 317 g/mol. The van der Waals surface area contributed by atoms with E-state index in [0.717, 1.165) is 18.7 Å². The summed E-state index contributed by atoms with van der Waals surface area (Å²) in [7, 11) is 0. The smallest absolute Gasteiger partial charge is 0.259 e. The van der Waals surface area contributed by atoms with Crippen LogP contribution < -0.4 is 4.74 Å². The van der Waals surface area contributed by atoms with Crippen LogP contribution in [0.15, 0.2) is 12.1 Å². The first-order valence-corrected chi connectivity index (χ1v) is 8.75. The summed E-state index contributed by atoms with van der Waals surface area (Å²) in [5.41, 5.74) is 1.46. The molecule has 0 spiro atoms. The molecule has 0 aliphatic carbocycles. The van der Waals surface area contributed by atoms with Crippen LogP contribution in [0.2, 0.25) is 0 Å². The molecule has 1 aromatic rings. The van der Waals surface area contributed by atoms with Crippen molar-refractivity contribution in [1.82, 2.24) is 14.8 Å². The maximum atomic E-state index is 13.0. The van der Waals surface area contributed by atoms with Crippen molar-refractivity contribution < 1.29 is 9.53 Å². The second kappa shape index (κ2) is 6.87. The molecule has 126 valence electrons. The lowest BCUT2D eigenvalue weighted by molar-refractivity contribution is 0.0732. The van der Waals surface area contributed by atoms with Crippen molar-refractivity contribution in [2.75, 3.05) is 26.2 Å². The maximum absolute atomic E-state index is 13.0. The Morgan fingerprint density at radius 2 is 2.09 bits per heavy atom. The number of rotatable bonds is 4. The number of nitrogens with zero attached hydrogens (tertiary/aromatic N) is 3. The highest BCUT2D eigenvalue weighted by Gasteiger charge is 2.37. The Kier molecular flexibility index (Phi) is 4.85. The van der Waals surface area contributed by atoms with Gasteiger partial charge in [0.05, 0.1) is 6.61 Å². The van der Waals surface area contributed by atoms with Crippen molar-refractivity contribution >= 4 is 5.91 Å². The minimum Gasteiger partial charge on any atom is -0.477 e. The Hall–Kier alpha value is -1.62. The van der Waals surface area contributed by atoms with E-state index < -0.39 is 0 Å². The minimum absolute atomic E-state index is 0.0511. The second-order valence-electron chi connectivity index (χ2n) is 6.68. The fourth-order valence-corrected chi connectivity index (χ4v) is 3.75. The summed E-state index contributed by atoms with van der Waals surface area (Å²) in [6, 6.07) is 4.51. The van der Waals surface area contributed by atoms with Crippen molar-refractivity contribution in [3.8, 4) is 5.88 Å². The second-order valence-corrected chi connectivity index (χ2v) is 6.68. The highest BCUT2D eigenvalue weighted by molar-refractivity contribution is 5.96. The predicted octanol–water partition coefficient (Wildman–Crippen LogP) is 2.49. The van der Waals surface area contributed by atoms with Gasteiger partial charge in [-0.15, -0.1) is 0 Å². The molecule has 3 heterocycles. The van der Waals surface area contributed by atoms with Crippen LogP contribution in [0.25, 0.3) is 0 Å². The zero-order valence-electron chi connectivity index (χ0n) is 14.4. The van der Waals surface area contributed by atoms with E-state index in [1.807, 2.05) is 30.9 Å². The molecule has 3 rings (SSSR count). The van der Waals surface area contributed by atoms with Gasteiger partial charge in [-0.3, -0.25) is 9.69 Å². The van der Waals surface area contributed by atoms with Crippen molar-refractivity contribution in [1.29, 1.82) is 0 Å². The zero-order valence-corrected chi connectivity index (χ0v) is 14.4. The van der Waals surface area contributed by atoms with Crippen LogP contribution in [0.3, 0.4) is 0 Å². The third-order valence-corrected chi connectivity index (χ3v) is 4.98. The summed E-state index contributed by atoms with van der Waals surface area (Å²) in [5.74, 6) is 0.518. The number of aromatic nitrogens is 1. The van der Waals surface area contributed by atoms with E-state index in [-0.39, 0.29) is 11.9 Å². The van der Waals surface area contributed by atoms with Gasteiger partial charge in [-0.25, -0.2) is 4.98 Å². The molecule has 1 amide bonds. The first-order chi connectivity index (χ1) is 11.1. The number of carbonyl (C=O) groups is 1. The van der Waals surface area contributed by atoms with E-state index in [2.05, 4.69) is 16.8 Å². The number of likely N-dealkylation sites (tertiary alicyclic amines) is 2. The van der Waals surface area contributed by atoms with E-state index in [1.165, 1.54) is 25.9 Å². The normalized spacial score (nSPS) is 25.1. The highest BCUT2D eigenvalue weighted by Crippen LogP contribution is 2.28. The van der Waals surface area contributed by atoms with Crippen LogP contribution in [-0.2, 0) is 0 Å². The van der Waals surface area contributed by atoms with Gasteiger partial charge < -0.3 is 9.64 Å². The Morgan fingerprint density at radius 3 is 2.78 bits per heavy atom. The quantitative estimate of drug-likeness (QED) is 0.856. The van der Waals surface area contributed by atoms with Gasteiger partial charge in [0.2, 0.25) is 5.88 Å². The third-order valence-electron chi connectivity index (χ3n) is 4.98. The molecule has 5 nitrogen and oxygen atoms in total. The van der Waals surface area contributed by atoms with Gasteiger partial charge >= 0.3 is 0 Å². The van der Waals surface area contributed by atoms with Crippen LogP contribution >= 0.6 is 0 Å². The first-order valence-electron chi connectivity index (χ1n) is 8.75. The van der Waals surface area contributed by atoms with E-state index in [4.69, 9.17) is 4.74 Å². The molecule has 2 aliphatic heterocycles. The summed E-state index contributed by atoms with van der Waals surface area (Å²) in [4.78, 5) is 21.9. The maximum Gasteiger partial charge on any atom is 0.259 e. The van der Waals surface area contributed by atoms with Gasteiger partial charge in [0.25, 0.3) is 5.91 Å². The topological polar surface area (TPSA) is 45.7 Å². The Bertz CT molecular complexity index is 569. The molecule has 0 N–H and O–H groups in total. The summed E-state index contributed by atoms with van der Waals surface area (Å²) >= 11 is 0. The Labute approximate surface area is 138 Å². The number of hydrogen-bond acceptors (Lipinski definition) is 4. The summed E-state index contributed by atoms with van der Waals surface area (Å²) in [5, 5.41) is 0. The molecule has 2 fully saturated rings. The molecule has 2 atom stereocenters. The van der Waals surface area contributed by atoms with Crippen molar-refractivity contribution in [2.24, 2.45) is 0 Å². The summed E-state index contributed by atoms with van der Waals surface area (Å²) in [6.45, 7) is 9.67. The third kappa shape index (κ3) is 3.34. The highest BCUT2D eigenvalue weighted by atomic mass is 16.5. The lowest BCUT2D eigenvalue weighted by Crippen LogP contribution is -2.38. The van der Waals surface area contributed by atoms with Crippen LogP contribution in [0.1, 0.15) is 49.2 Å². The van der Waals surface area contributed by atoms with Crippen molar-refractivity contribution in [3.05, 3.63) is 23.4 Å². The van der Waals surface area contributed by atoms with Gasteiger partial charge in [-0.1, -0.05) is 0 Å². The van der Waals surface area contributed by atoms with Gasteiger partial charge in [-0.05, 0) is 65.3 Å². The number of ether oxygens (including phenoxy) is 1. The Morgan fingerprint density at radius 1 is 1.35 bits per heavy atom. The molecular formula is C18H27N3O2. The predicted molar refractivity (Wildman–Crippen MR) is 89.9 cm³/mol. The number of aryl methyl sites for hydroxylation is 1. The minimum atomic E-state index is 0.0511. The zero-order chi connectivity index (χ0) is 16.4. The van der Waals surface area contributed by atoms with Gasteiger partial charge in [0.15, 0.2) is 0 Å². The van der Waals surface area contributed by atoms with Crippen LogP contribution in [0, 0.1) is 6.92 Å². The number of hydrogen-bond donors (Lipinski definition) is 0. The van der Waals surface area contributed by atoms with Gasteiger partial charge in [0.1, 0.15) is 5.56 Å². The van der Waals surface area contributed by atoms with E-state index in [1.54, 1.807) is 0 Å². The molecular weight excluding hydrogens is 290 g/mol. The molecule has 5 heteroatoms. The number of carbonyl (C=O) groups excluding carboxylic acids is 1. The molecule has 2 unspecified atom stereocenters. The average Bonchev–Trinajstić information content (AvgIpc) is 3.16. The molecule has 1 aromatic heterocycles. The van der Waals surface area contributed by atoms with E-state index in [9.17, 15) is 4.79 Å². The SMILES string of the molecule is CCOc1nc(C)ccc1C(=O)N1CC(N2CCCC2)CC1C. The first kappa shape index (κ1) is 16.2. The van der Waals surface area contributed by atoms with Crippen LogP contribution in [-0.4, -0.2) is 59.0 Å². The molecule has 0 aromatic carbocycles. The summed E-state index contributed by atoms with van der Waals surface area (Å²) < 4.78 is 5.59. The lowest BCUT2D eigenvalue weighted by atomic mass is 10.1. The lowest BCUT2D eigenvalue weighted by Gasteiger charge is -2.24. The van der Waals surface area contributed by atoms with Gasteiger partial charge in [-0.2, -0.15) is 0 Å². The molecule has 2 saturated heterocycles. The monoisotopic (exact) mass is 317 g/mol. The van der Waals surface area contributed by atoms with Crippen LogP contribution in [0.5, 0.6) is 5.88 Å². The molecule has 0 bridgehead atoms. The number of pyridine rings is 1. The van der Waals surface area contributed by atoms with E-state index in [0.29, 0.717) is 24.1 Å².